The SMILES string of the molecule is CCNC(c1csc(Br)c1)C1CCC(C)C(C)C1. The highest BCUT2D eigenvalue weighted by atomic mass is 79.9. The third kappa shape index (κ3) is 3.37. The molecular weight excluding hydrogens is 306 g/mol. The summed E-state index contributed by atoms with van der Waals surface area (Å²) >= 11 is 5.39. The first-order valence-electron chi connectivity index (χ1n) is 7.09. The zero-order valence-corrected chi connectivity index (χ0v) is 14.0. The number of hydrogen-bond donors (Lipinski definition) is 1. The molecule has 0 aliphatic heterocycles. The van der Waals surface area contributed by atoms with Crippen molar-refractivity contribution in [1.29, 1.82) is 0 Å². The minimum absolute atomic E-state index is 0.549. The van der Waals surface area contributed by atoms with Crippen LogP contribution >= 0.6 is 27.3 Å². The summed E-state index contributed by atoms with van der Waals surface area (Å²) in [6, 6.07) is 2.84. The van der Waals surface area contributed by atoms with Crippen LogP contribution in [-0.2, 0) is 0 Å². The van der Waals surface area contributed by atoms with Gasteiger partial charge in [0.2, 0.25) is 0 Å². The third-order valence-corrected chi connectivity index (χ3v) is 6.00. The first-order valence-corrected chi connectivity index (χ1v) is 8.76. The molecule has 1 aromatic heterocycles. The zero-order valence-electron chi connectivity index (χ0n) is 11.6. The Morgan fingerprint density at radius 3 is 2.72 bits per heavy atom. The van der Waals surface area contributed by atoms with Crippen molar-refractivity contribution in [3.8, 4) is 0 Å². The van der Waals surface area contributed by atoms with E-state index >= 15 is 0 Å². The number of thiophene rings is 1. The molecule has 0 amide bonds. The summed E-state index contributed by atoms with van der Waals surface area (Å²) in [6.07, 6.45) is 4.13. The van der Waals surface area contributed by atoms with Crippen molar-refractivity contribution >= 4 is 27.3 Å². The second-order valence-corrected chi connectivity index (χ2v) is 8.04. The molecule has 0 spiro atoms. The van der Waals surface area contributed by atoms with Crippen LogP contribution in [0.15, 0.2) is 15.2 Å². The van der Waals surface area contributed by atoms with Gasteiger partial charge in [-0.25, -0.2) is 0 Å². The third-order valence-electron chi connectivity index (χ3n) is 4.48. The highest BCUT2D eigenvalue weighted by Crippen LogP contribution is 2.41. The maximum atomic E-state index is 3.70. The Kier molecular flexibility index (Phi) is 5.28. The van der Waals surface area contributed by atoms with Gasteiger partial charge in [0.05, 0.1) is 3.79 Å². The van der Waals surface area contributed by atoms with Gasteiger partial charge in [-0.1, -0.05) is 27.2 Å². The average molecular weight is 330 g/mol. The van der Waals surface area contributed by atoms with E-state index < -0.39 is 0 Å². The van der Waals surface area contributed by atoms with Crippen molar-refractivity contribution in [3.05, 3.63) is 20.8 Å². The van der Waals surface area contributed by atoms with Crippen molar-refractivity contribution in [2.45, 2.75) is 46.1 Å². The summed E-state index contributed by atoms with van der Waals surface area (Å²) in [5, 5.41) is 6.01. The van der Waals surface area contributed by atoms with E-state index in [4.69, 9.17) is 0 Å². The molecule has 1 nitrogen and oxygen atoms in total. The summed E-state index contributed by atoms with van der Waals surface area (Å²) < 4.78 is 1.25. The number of hydrogen-bond acceptors (Lipinski definition) is 2. The molecule has 0 radical (unpaired) electrons. The first kappa shape index (κ1) is 14.5. The van der Waals surface area contributed by atoms with Crippen molar-refractivity contribution in [2.75, 3.05) is 6.54 Å². The minimum Gasteiger partial charge on any atom is -0.310 e. The summed E-state index contributed by atoms with van der Waals surface area (Å²) in [5.74, 6) is 2.57. The monoisotopic (exact) mass is 329 g/mol. The molecule has 3 heteroatoms. The molecule has 0 saturated heterocycles. The van der Waals surface area contributed by atoms with Gasteiger partial charge in [-0.05, 0) is 70.1 Å². The van der Waals surface area contributed by atoms with Crippen LogP contribution in [0.5, 0.6) is 0 Å². The van der Waals surface area contributed by atoms with Crippen LogP contribution in [0.25, 0.3) is 0 Å². The summed E-state index contributed by atoms with van der Waals surface area (Å²) in [4.78, 5) is 0. The van der Waals surface area contributed by atoms with E-state index in [9.17, 15) is 0 Å². The van der Waals surface area contributed by atoms with Crippen molar-refractivity contribution in [2.24, 2.45) is 17.8 Å². The topological polar surface area (TPSA) is 12.0 Å². The first-order chi connectivity index (χ1) is 8.61. The Morgan fingerprint density at radius 2 is 2.17 bits per heavy atom. The lowest BCUT2D eigenvalue weighted by molar-refractivity contribution is 0.172. The lowest BCUT2D eigenvalue weighted by atomic mass is 9.72. The van der Waals surface area contributed by atoms with Crippen LogP contribution in [0.2, 0.25) is 0 Å². The van der Waals surface area contributed by atoms with E-state index in [1.165, 1.54) is 28.6 Å². The Labute approximate surface area is 123 Å². The molecule has 1 aliphatic carbocycles. The molecule has 0 aromatic carbocycles. The molecule has 1 aliphatic rings. The molecule has 1 saturated carbocycles. The van der Waals surface area contributed by atoms with Crippen molar-refractivity contribution in [1.82, 2.24) is 5.32 Å². The van der Waals surface area contributed by atoms with Gasteiger partial charge in [-0.15, -0.1) is 11.3 Å². The predicted octanol–water partition coefficient (Wildman–Crippen LogP) is 5.23. The van der Waals surface area contributed by atoms with Crippen LogP contribution < -0.4 is 5.32 Å². The van der Waals surface area contributed by atoms with Gasteiger partial charge in [-0.3, -0.25) is 0 Å². The molecule has 1 fully saturated rings. The fourth-order valence-electron chi connectivity index (χ4n) is 3.16. The molecule has 1 N–H and O–H groups in total. The zero-order chi connectivity index (χ0) is 13.1. The second-order valence-electron chi connectivity index (χ2n) is 5.75. The maximum Gasteiger partial charge on any atom is 0.0701 e. The highest BCUT2D eigenvalue weighted by Gasteiger charge is 2.30. The quantitative estimate of drug-likeness (QED) is 0.797. The normalized spacial score (nSPS) is 30.3. The molecule has 4 atom stereocenters. The molecule has 2 rings (SSSR count). The van der Waals surface area contributed by atoms with Crippen LogP contribution in [0.1, 0.15) is 51.6 Å². The van der Waals surface area contributed by atoms with Crippen molar-refractivity contribution in [3.63, 3.8) is 0 Å². The second kappa shape index (κ2) is 6.53. The van der Waals surface area contributed by atoms with E-state index in [0.717, 1.165) is 24.3 Å². The smallest absolute Gasteiger partial charge is 0.0701 e. The lowest BCUT2D eigenvalue weighted by Gasteiger charge is -2.37. The van der Waals surface area contributed by atoms with Crippen LogP contribution in [-0.4, -0.2) is 6.54 Å². The van der Waals surface area contributed by atoms with Gasteiger partial charge >= 0.3 is 0 Å². The Balaban J connectivity index is 2.10. The van der Waals surface area contributed by atoms with E-state index in [1.807, 2.05) is 0 Å². The van der Waals surface area contributed by atoms with Gasteiger partial charge in [0, 0.05) is 6.04 Å². The lowest BCUT2D eigenvalue weighted by Crippen LogP contribution is -2.33. The maximum absolute atomic E-state index is 3.70. The molecule has 4 unspecified atom stereocenters. The Hall–Kier alpha value is 0.140. The van der Waals surface area contributed by atoms with Gasteiger partial charge in [-0.2, -0.15) is 0 Å². The predicted molar refractivity (Wildman–Crippen MR) is 84.1 cm³/mol. The highest BCUT2D eigenvalue weighted by molar-refractivity contribution is 9.11. The average Bonchev–Trinajstić information content (AvgIpc) is 2.76. The summed E-state index contributed by atoms with van der Waals surface area (Å²) in [7, 11) is 0. The molecular formula is C15H24BrNS. The van der Waals surface area contributed by atoms with Crippen molar-refractivity contribution < 1.29 is 0 Å². The van der Waals surface area contributed by atoms with Crippen LogP contribution in [0, 0.1) is 17.8 Å². The molecule has 0 bridgehead atoms. The van der Waals surface area contributed by atoms with E-state index in [2.05, 4.69) is 53.5 Å². The van der Waals surface area contributed by atoms with Gasteiger partial charge < -0.3 is 5.32 Å². The molecule has 102 valence electrons. The fourth-order valence-corrected chi connectivity index (χ4v) is 4.37. The van der Waals surface area contributed by atoms with E-state index in [1.54, 1.807) is 11.3 Å². The van der Waals surface area contributed by atoms with Crippen LogP contribution in [0.4, 0.5) is 0 Å². The number of nitrogens with one attached hydrogen (secondary N) is 1. The Morgan fingerprint density at radius 1 is 1.39 bits per heavy atom. The van der Waals surface area contributed by atoms with Gasteiger partial charge in [0.1, 0.15) is 0 Å². The van der Waals surface area contributed by atoms with E-state index in [0.29, 0.717) is 6.04 Å². The molecule has 1 heterocycles. The molecule has 1 aromatic rings. The van der Waals surface area contributed by atoms with E-state index in [-0.39, 0.29) is 0 Å². The van der Waals surface area contributed by atoms with Gasteiger partial charge in [0.15, 0.2) is 0 Å². The Bertz CT molecular complexity index is 376. The van der Waals surface area contributed by atoms with Gasteiger partial charge in [0.25, 0.3) is 0 Å². The minimum atomic E-state index is 0.549. The standard InChI is InChI=1S/C15H24BrNS/c1-4-17-15(13-8-14(16)18-9-13)12-6-5-10(2)11(3)7-12/h8-12,15,17H,4-7H2,1-3H3. The number of rotatable bonds is 4. The summed E-state index contributed by atoms with van der Waals surface area (Å²) in [5.41, 5.74) is 1.47. The van der Waals surface area contributed by atoms with Crippen LogP contribution in [0.3, 0.4) is 0 Å². The fraction of sp³-hybridized carbons (Fsp3) is 0.733. The summed E-state index contributed by atoms with van der Waals surface area (Å²) in [6.45, 7) is 8.09. The largest absolute Gasteiger partial charge is 0.310 e. The number of halogens is 1. The molecule has 18 heavy (non-hydrogen) atoms.